The molecule has 2 N–H and O–H groups in total. The Kier molecular flexibility index (Phi) is 5.28. The van der Waals surface area contributed by atoms with Crippen molar-refractivity contribution in [2.24, 2.45) is 5.92 Å². The van der Waals surface area contributed by atoms with Crippen LogP contribution in [0.3, 0.4) is 0 Å². The van der Waals surface area contributed by atoms with E-state index in [2.05, 4.69) is 41.0 Å². The highest BCUT2D eigenvalue weighted by molar-refractivity contribution is 6.01. The van der Waals surface area contributed by atoms with E-state index in [0.717, 1.165) is 6.42 Å². The maximum Gasteiger partial charge on any atom is 0.324 e. The van der Waals surface area contributed by atoms with Gasteiger partial charge in [-0.1, -0.05) is 43.2 Å². The molecule has 2 aliphatic rings. The lowest BCUT2D eigenvalue weighted by atomic mass is 9.80. The Hall–Kier alpha value is -1.88. The second-order valence-corrected chi connectivity index (χ2v) is 6.50. The number of nitrogens with zero attached hydrogens (tertiary/aromatic N) is 1. The van der Waals surface area contributed by atoms with Gasteiger partial charge in [-0.15, -0.1) is 0 Å². The van der Waals surface area contributed by atoms with E-state index >= 15 is 0 Å². The topological polar surface area (TPSA) is 61.4 Å². The molecule has 3 rings (SSSR count). The molecular formula is C18H25N3O2. The average Bonchev–Trinajstić information content (AvgIpc) is 2.89. The van der Waals surface area contributed by atoms with E-state index in [-0.39, 0.29) is 18.5 Å². The molecule has 0 spiro atoms. The van der Waals surface area contributed by atoms with E-state index in [1.165, 1.54) is 36.1 Å². The summed E-state index contributed by atoms with van der Waals surface area (Å²) in [5, 5.41) is 6.14. The van der Waals surface area contributed by atoms with Gasteiger partial charge in [0.05, 0.1) is 6.54 Å². The number of nitrogens with one attached hydrogen (secondary N) is 2. The zero-order valence-electron chi connectivity index (χ0n) is 13.5. The zero-order chi connectivity index (χ0) is 16.1. The first-order valence-electron chi connectivity index (χ1n) is 8.59. The third-order valence-electron chi connectivity index (χ3n) is 4.93. The van der Waals surface area contributed by atoms with Crippen molar-refractivity contribution in [3.8, 4) is 0 Å². The fourth-order valence-corrected chi connectivity index (χ4v) is 3.68. The minimum absolute atomic E-state index is 0.124. The fraction of sp³-hybridized carbons (Fsp3) is 0.556. The van der Waals surface area contributed by atoms with Crippen LogP contribution >= 0.6 is 0 Å². The van der Waals surface area contributed by atoms with Gasteiger partial charge < -0.3 is 10.6 Å². The van der Waals surface area contributed by atoms with Crippen LogP contribution in [0.5, 0.6) is 0 Å². The SMILES string of the molecule is O=C1CNC(=O)N1CCN[C@@H]1CCCC[C@H]1Cc1ccccc1. The number of imide groups is 1. The first-order valence-corrected chi connectivity index (χ1v) is 8.59. The minimum atomic E-state index is -0.263. The smallest absolute Gasteiger partial charge is 0.324 e. The summed E-state index contributed by atoms with van der Waals surface area (Å²) in [6.45, 7) is 1.27. The van der Waals surface area contributed by atoms with Crippen LogP contribution in [-0.2, 0) is 11.2 Å². The Bertz CT molecular complexity index is 530. The van der Waals surface area contributed by atoms with Crippen LogP contribution in [0, 0.1) is 5.92 Å². The van der Waals surface area contributed by atoms with E-state index < -0.39 is 0 Å². The number of carbonyl (C=O) groups is 2. The molecule has 1 aliphatic heterocycles. The predicted molar refractivity (Wildman–Crippen MR) is 89.0 cm³/mol. The van der Waals surface area contributed by atoms with Crippen molar-refractivity contribution in [3.05, 3.63) is 35.9 Å². The van der Waals surface area contributed by atoms with Crippen molar-refractivity contribution in [2.45, 2.75) is 38.1 Å². The van der Waals surface area contributed by atoms with E-state index in [9.17, 15) is 9.59 Å². The van der Waals surface area contributed by atoms with E-state index in [0.29, 0.717) is 25.0 Å². The first-order chi connectivity index (χ1) is 11.2. The van der Waals surface area contributed by atoms with Gasteiger partial charge in [-0.25, -0.2) is 4.79 Å². The van der Waals surface area contributed by atoms with Crippen LogP contribution in [0.2, 0.25) is 0 Å². The van der Waals surface area contributed by atoms with Crippen molar-refractivity contribution >= 4 is 11.9 Å². The molecule has 1 saturated carbocycles. The van der Waals surface area contributed by atoms with Crippen molar-refractivity contribution in [3.63, 3.8) is 0 Å². The van der Waals surface area contributed by atoms with Gasteiger partial charge in [0.25, 0.3) is 0 Å². The largest absolute Gasteiger partial charge is 0.329 e. The quantitative estimate of drug-likeness (QED) is 0.789. The highest BCUT2D eigenvalue weighted by atomic mass is 16.2. The van der Waals surface area contributed by atoms with Gasteiger partial charge in [0.2, 0.25) is 5.91 Å². The Morgan fingerprint density at radius 1 is 1.13 bits per heavy atom. The molecule has 1 heterocycles. The van der Waals surface area contributed by atoms with Crippen LogP contribution in [0.15, 0.2) is 30.3 Å². The van der Waals surface area contributed by atoms with Crippen LogP contribution in [0.1, 0.15) is 31.2 Å². The monoisotopic (exact) mass is 315 g/mol. The molecule has 1 aromatic carbocycles. The molecule has 0 radical (unpaired) electrons. The number of urea groups is 1. The molecule has 3 amide bonds. The molecule has 124 valence electrons. The summed E-state index contributed by atoms with van der Waals surface area (Å²) in [7, 11) is 0. The molecule has 5 heteroatoms. The maximum absolute atomic E-state index is 11.6. The van der Waals surface area contributed by atoms with Crippen molar-refractivity contribution in [2.75, 3.05) is 19.6 Å². The molecule has 1 saturated heterocycles. The van der Waals surface area contributed by atoms with Gasteiger partial charge in [-0.3, -0.25) is 9.69 Å². The number of hydrogen-bond acceptors (Lipinski definition) is 3. The average molecular weight is 315 g/mol. The molecule has 0 aromatic heterocycles. The van der Waals surface area contributed by atoms with Gasteiger partial charge in [0.15, 0.2) is 0 Å². The lowest BCUT2D eigenvalue weighted by molar-refractivity contribution is -0.124. The number of rotatable bonds is 6. The van der Waals surface area contributed by atoms with E-state index in [4.69, 9.17) is 0 Å². The summed E-state index contributed by atoms with van der Waals surface area (Å²) in [5.41, 5.74) is 1.39. The lowest BCUT2D eigenvalue weighted by Crippen LogP contribution is -2.44. The number of hydrogen-bond donors (Lipinski definition) is 2. The molecule has 0 bridgehead atoms. The molecule has 1 aliphatic carbocycles. The highest BCUT2D eigenvalue weighted by Gasteiger charge is 2.29. The van der Waals surface area contributed by atoms with Crippen LogP contribution in [-0.4, -0.2) is 42.5 Å². The molecular weight excluding hydrogens is 290 g/mol. The highest BCUT2D eigenvalue weighted by Crippen LogP contribution is 2.27. The Morgan fingerprint density at radius 2 is 1.91 bits per heavy atom. The third kappa shape index (κ3) is 4.10. The first kappa shape index (κ1) is 16.0. The number of carbonyl (C=O) groups excluding carboxylic acids is 2. The van der Waals surface area contributed by atoms with Crippen molar-refractivity contribution in [1.29, 1.82) is 0 Å². The number of benzene rings is 1. The lowest BCUT2D eigenvalue weighted by Gasteiger charge is -2.33. The van der Waals surface area contributed by atoms with Gasteiger partial charge in [0.1, 0.15) is 0 Å². The summed E-state index contributed by atoms with van der Waals surface area (Å²) in [5.74, 6) is 0.510. The Balaban J connectivity index is 1.50. The third-order valence-corrected chi connectivity index (χ3v) is 4.93. The van der Waals surface area contributed by atoms with Crippen LogP contribution < -0.4 is 10.6 Å². The summed E-state index contributed by atoms with van der Waals surface area (Å²) < 4.78 is 0. The molecule has 0 unspecified atom stereocenters. The Morgan fingerprint density at radius 3 is 2.65 bits per heavy atom. The summed E-state index contributed by atoms with van der Waals surface area (Å²) >= 11 is 0. The van der Waals surface area contributed by atoms with Crippen LogP contribution in [0.4, 0.5) is 4.79 Å². The van der Waals surface area contributed by atoms with E-state index in [1.54, 1.807) is 0 Å². The van der Waals surface area contributed by atoms with Crippen molar-refractivity contribution < 1.29 is 9.59 Å². The molecule has 2 atom stereocenters. The van der Waals surface area contributed by atoms with Gasteiger partial charge >= 0.3 is 6.03 Å². The van der Waals surface area contributed by atoms with E-state index in [1.807, 2.05) is 0 Å². The van der Waals surface area contributed by atoms with Gasteiger partial charge in [-0.2, -0.15) is 0 Å². The molecule has 5 nitrogen and oxygen atoms in total. The van der Waals surface area contributed by atoms with Gasteiger partial charge in [-0.05, 0) is 30.7 Å². The fourth-order valence-electron chi connectivity index (χ4n) is 3.68. The summed E-state index contributed by atoms with van der Waals surface area (Å²) in [4.78, 5) is 24.4. The molecule has 2 fully saturated rings. The standard InChI is InChI=1S/C18H25N3O2/c22-17-13-20-18(23)21(17)11-10-19-16-9-5-4-8-15(16)12-14-6-2-1-3-7-14/h1-3,6-7,15-16,19H,4-5,8-13H2,(H,20,23)/t15-,16+/m0/s1. The number of amides is 3. The zero-order valence-corrected chi connectivity index (χ0v) is 13.5. The Labute approximate surface area is 137 Å². The summed E-state index contributed by atoms with van der Waals surface area (Å²) in [6.07, 6.45) is 6.07. The van der Waals surface area contributed by atoms with Crippen molar-refractivity contribution in [1.82, 2.24) is 15.5 Å². The molecule has 1 aromatic rings. The second-order valence-electron chi connectivity index (χ2n) is 6.50. The van der Waals surface area contributed by atoms with Gasteiger partial charge in [0, 0.05) is 19.1 Å². The predicted octanol–water partition coefficient (Wildman–Crippen LogP) is 1.93. The second kappa shape index (κ2) is 7.59. The minimum Gasteiger partial charge on any atom is -0.329 e. The van der Waals surface area contributed by atoms with Crippen LogP contribution in [0.25, 0.3) is 0 Å². The summed E-state index contributed by atoms with van der Waals surface area (Å²) in [6, 6.07) is 10.8. The normalized spacial score (nSPS) is 24.8. The maximum atomic E-state index is 11.6. The molecule has 23 heavy (non-hydrogen) atoms.